The Kier molecular flexibility index (Phi) is 3.05. The highest BCUT2D eigenvalue weighted by Crippen LogP contribution is 2.49. The molecule has 0 N–H and O–H groups in total. The van der Waals surface area contributed by atoms with E-state index in [2.05, 4.69) is 65.6 Å². The molecule has 0 amide bonds. The summed E-state index contributed by atoms with van der Waals surface area (Å²) in [5, 5.41) is 0. The summed E-state index contributed by atoms with van der Waals surface area (Å²) in [6.07, 6.45) is 9.96. The molecule has 1 aliphatic carbocycles. The van der Waals surface area contributed by atoms with E-state index >= 15 is 0 Å². The molecule has 2 heterocycles. The lowest BCUT2D eigenvalue weighted by molar-refractivity contribution is -0.0279. The summed E-state index contributed by atoms with van der Waals surface area (Å²) in [7, 11) is 0. The van der Waals surface area contributed by atoms with Gasteiger partial charge in [0.2, 0.25) is 0 Å². The Morgan fingerprint density at radius 1 is 0.870 bits per heavy atom. The predicted molar refractivity (Wildman–Crippen MR) is 93.6 cm³/mol. The first kappa shape index (κ1) is 13.4. The van der Waals surface area contributed by atoms with Crippen LogP contribution in [0.5, 0.6) is 0 Å². The van der Waals surface area contributed by atoms with Gasteiger partial charge in [-0.3, -0.25) is 0 Å². The van der Waals surface area contributed by atoms with Gasteiger partial charge in [-0.2, -0.15) is 0 Å². The van der Waals surface area contributed by atoms with Gasteiger partial charge in [-0.15, -0.1) is 0 Å². The highest BCUT2D eigenvalue weighted by molar-refractivity contribution is 5.80. The van der Waals surface area contributed by atoms with Crippen LogP contribution in [0.15, 0.2) is 54.6 Å². The molecule has 116 valence electrons. The molecule has 3 aliphatic rings. The van der Waals surface area contributed by atoms with Gasteiger partial charge in [-0.05, 0) is 42.5 Å². The molecular formula is C21H21NO. The molecule has 0 radical (unpaired) electrons. The van der Waals surface area contributed by atoms with Crippen molar-refractivity contribution in [1.29, 1.82) is 0 Å². The highest BCUT2D eigenvalue weighted by Gasteiger charge is 2.39. The van der Waals surface area contributed by atoms with Crippen molar-refractivity contribution in [3.63, 3.8) is 0 Å². The van der Waals surface area contributed by atoms with E-state index in [4.69, 9.17) is 4.74 Å². The Balaban J connectivity index is 1.65. The molecule has 0 aromatic heterocycles. The molecule has 2 nitrogen and oxygen atoms in total. The summed E-state index contributed by atoms with van der Waals surface area (Å²) in [5.41, 5.74) is 5.19. The molecule has 0 bridgehead atoms. The average Bonchev–Trinajstić information content (AvgIpc) is 3.15. The van der Waals surface area contributed by atoms with Gasteiger partial charge < -0.3 is 9.64 Å². The average molecular weight is 303 g/mol. The summed E-state index contributed by atoms with van der Waals surface area (Å²) < 4.78 is 6.60. The van der Waals surface area contributed by atoms with Crippen LogP contribution in [0.1, 0.15) is 42.9 Å². The molecule has 1 fully saturated rings. The van der Waals surface area contributed by atoms with Gasteiger partial charge in [0.05, 0.1) is 11.8 Å². The number of fused-ring (bicyclic) bond motifs is 5. The number of rotatable bonds is 1. The zero-order valence-electron chi connectivity index (χ0n) is 13.2. The molecule has 2 aromatic carbocycles. The van der Waals surface area contributed by atoms with Gasteiger partial charge in [0.1, 0.15) is 0 Å². The van der Waals surface area contributed by atoms with Gasteiger partial charge in [0.25, 0.3) is 0 Å². The molecule has 1 saturated carbocycles. The molecular weight excluding hydrogens is 282 g/mol. The number of ether oxygens (including phenoxy) is 1. The SMILES string of the molecule is C1=C[C@@H]2O[C@H](C3CCCC3)c3ccccc3N2c2ccccc21. The molecule has 5 rings (SSSR count). The highest BCUT2D eigenvalue weighted by atomic mass is 16.5. The van der Waals surface area contributed by atoms with Crippen LogP contribution in [0, 0.1) is 5.92 Å². The van der Waals surface area contributed by atoms with E-state index in [1.165, 1.54) is 48.2 Å². The maximum Gasteiger partial charge on any atom is 0.154 e. The number of para-hydroxylation sites is 2. The minimum absolute atomic E-state index is 0.0189. The fourth-order valence-electron chi connectivity index (χ4n) is 4.43. The zero-order chi connectivity index (χ0) is 15.2. The third kappa shape index (κ3) is 2.05. The third-order valence-electron chi connectivity index (χ3n) is 5.51. The molecule has 2 aromatic rings. The summed E-state index contributed by atoms with van der Waals surface area (Å²) in [4.78, 5) is 2.36. The van der Waals surface area contributed by atoms with Crippen molar-refractivity contribution in [2.45, 2.75) is 38.0 Å². The quantitative estimate of drug-likeness (QED) is 0.695. The number of hydrogen-bond donors (Lipinski definition) is 0. The van der Waals surface area contributed by atoms with Gasteiger partial charge in [-0.25, -0.2) is 0 Å². The summed E-state index contributed by atoms with van der Waals surface area (Å²) in [5.74, 6) is 0.670. The Hall–Kier alpha value is -2.06. The van der Waals surface area contributed by atoms with E-state index < -0.39 is 0 Å². The van der Waals surface area contributed by atoms with Crippen LogP contribution in [-0.4, -0.2) is 6.23 Å². The smallest absolute Gasteiger partial charge is 0.154 e. The lowest BCUT2D eigenvalue weighted by Gasteiger charge is -2.44. The maximum atomic E-state index is 6.60. The molecule has 2 atom stereocenters. The van der Waals surface area contributed by atoms with Crippen molar-refractivity contribution in [3.8, 4) is 0 Å². The van der Waals surface area contributed by atoms with E-state index in [1.807, 2.05) is 0 Å². The van der Waals surface area contributed by atoms with Crippen LogP contribution >= 0.6 is 0 Å². The van der Waals surface area contributed by atoms with E-state index in [9.17, 15) is 0 Å². The monoisotopic (exact) mass is 303 g/mol. The molecule has 2 heteroatoms. The van der Waals surface area contributed by atoms with Crippen LogP contribution in [0.2, 0.25) is 0 Å². The van der Waals surface area contributed by atoms with E-state index in [1.54, 1.807) is 0 Å². The Bertz CT molecular complexity index is 760. The van der Waals surface area contributed by atoms with Crippen molar-refractivity contribution in [1.82, 2.24) is 0 Å². The first-order valence-corrected chi connectivity index (χ1v) is 8.73. The van der Waals surface area contributed by atoms with Gasteiger partial charge in [0.15, 0.2) is 6.23 Å². The van der Waals surface area contributed by atoms with Crippen molar-refractivity contribution >= 4 is 17.5 Å². The minimum atomic E-state index is 0.0189. The Morgan fingerprint density at radius 2 is 1.61 bits per heavy atom. The third-order valence-corrected chi connectivity index (χ3v) is 5.51. The second-order valence-electron chi connectivity index (χ2n) is 6.84. The van der Waals surface area contributed by atoms with E-state index in [-0.39, 0.29) is 12.3 Å². The normalized spacial score (nSPS) is 25.8. The molecule has 23 heavy (non-hydrogen) atoms. The standard InChI is InChI=1S/C21H21NO/c1-2-9-16(8-1)21-17-10-4-6-12-19(17)22-18-11-5-3-7-15(18)13-14-20(22)23-21/h3-7,10-14,16,20-21H,1-2,8-9H2/t20-,21+/m0/s1. The van der Waals surface area contributed by atoms with Crippen LogP contribution < -0.4 is 4.90 Å². The summed E-state index contributed by atoms with van der Waals surface area (Å²) in [6.45, 7) is 0. The first-order chi connectivity index (χ1) is 11.4. The Morgan fingerprint density at radius 3 is 2.48 bits per heavy atom. The van der Waals surface area contributed by atoms with Gasteiger partial charge >= 0.3 is 0 Å². The maximum absolute atomic E-state index is 6.60. The second-order valence-corrected chi connectivity index (χ2v) is 6.84. The molecule has 0 spiro atoms. The van der Waals surface area contributed by atoms with Gasteiger partial charge in [-0.1, -0.05) is 55.3 Å². The Labute approximate surface area is 137 Å². The van der Waals surface area contributed by atoms with Crippen LogP contribution in [0.25, 0.3) is 6.08 Å². The van der Waals surface area contributed by atoms with E-state index in [0.29, 0.717) is 5.92 Å². The fourth-order valence-corrected chi connectivity index (χ4v) is 4.43. The van der Waals surface area contributed by atoms with Crippen molar-refractivity contribution in [2.24, 2.45) is 5.92 Å². The van der Waals surface area contributed by atoms with Gasteiger partial charge in [0, 0.05) is 11.3 Å². The topological polar surface area (TPSA) is 12.5 Å². The predicted octanol–water partition coefficient (Wildman–Crippen LogP) is 5.44. The van der Waals surface area contributed by atoms with Crippen LogP contribution in [-0.2, 0) is 4.74 Å². The largest absolute Gasteiger partial charge is 0.346 e. The van der Waals surface area contributed by atoms with Crippen molar-refractivity contribution in [3.05, 3.63) is 65.7 Å². The fraction of sp³-hybridized carbons (Fsp3) is 0.333. The van der Waals surface area contributed by atoms with Crippen LogP contribution in [0.4, 0.5) is 11.4 Å². The van der Waals surface area contributed by atoms with Crippen molar-refractivity contribution in [2.75, 3.05) is 4.90 Å². The molecule has 2 aliphatic heterocycles. The van der Waals surface area contributed by atoms with Crippen LogP contribution in [0.3, 0.4) is 0 Å². The number of anilines is 2. The summed E-state index contributed by atoms with van der Waals surface area (Å²) >= 11 is 0. The van der Waals surface area contributed by atoms with E-state index in [0.717, 1.165) is 0 Å². The minimum Gasteiger partial charge on any atom is -0.346 e. The number of hydrogen-bond acceptors (Lipinski definition) is 2. The summed E-state index contributed by atoms with van der Waals surface area (Å²) in [6, 6.07) is 17.4. The second kappa shape index (κ2) is 5.24. The lowest BCUT2D eigenvalue weighted by Crippen LogP contribution is -2.41. The van der Waals surface area contributed by atoms with Crippen molar-refractivity contribution < 1.29 is 4.74 Å². The first-order valence-electron chi connectivity index (χ1n) is 8.73. The lowest BCUT2D eigenvalue weighted by atomic mass is 9.90. The number of benzene rings is 2. The number of nitrogens with zero attached hydrogens (tertiary/aromatic N) is 1. The molecule has 0 saturated heterocycles. The molecule has 0 unspecified atom stereocenters. The zero-order valence-corrected chi connectivity index (χ0v) is 13.2.